The number of carbonyl (C=O) groups excluding carboxylic acids is 1. The van der Waals surface area contributed by atoms with Crippen LogP contribution < -0.4 is 11.1 Å². The molecule has 0 fully saturated rings. The van der Waals surface area contributed by atoms with E-state index in [0.717, 1.165) is 12.1 Å². The molecule has 0 aliphatic rings. The van der Waals surface area contributed by atoms with Gasteiger partial charge in [0.15, 0.2) is 0 Å². The molecule has 0 aliphatic heterocycles. The van der Waals surface area contributed by atoms with Crippen LogP contribution in [0.4, 0.5) is 0 Å². The molecule has 0 aromatic carbocycles. The Hall–Kier alpha value is -1.42. The van der Waals surface area contributed by atoms with E-state index >= 15 is 0 Å². The van der Waals surface area contributed by atoms with Gasteiger partial charge in [0.2, 0.25) is 5.91 Å². The summed E-state index contributed by atoms with van der Waals surface area (Å²) in [5.41, 5.74) is 6.69. The van der Waals surface area contributed by atoms with Crippen LogP contribution in [0.2, 0.25) is 0 Å². The van der Waals surface area contributed by atoms with E-state index in [4.69, 9.17) is 5.73 Å². The van der Waals surface area contributed by atoms with Crippen LogP contribution in [0.5, 0.6) is 0 Å². The zero-order valence-electron chi connectivity index (χ0n) is 10.5. The fourth-order valence-corrected chi connectivity index (χ4v) is 1.70. The lowest BCUT2D eigenvalue weighted by Gasteiger charge is -2.14. The maximum Gasteiger partial charge on any atom is 0.220 e. The molecule has 94 valence electrons. The average Bonchev–Trinajstić information content (AvgIpc) is 2.30. The molecule has 4 nitrogen and oxygen atoms in total. The molecule has 1 rings (SSSR count). The number of carbonyl (C=O) groups is 1. The Morgan fingerprint density at radius 1 is 1.47 bits per heavy atom. The summed E-state index contributed by atoms with van der Waals surface area (Å²) in [4.78, 5) is 15.8. The average molecular weight is 235 g/mol. The first-order valence-electron chi connectivity index (χ1n) is 6.03. The fraction of sp³-hybridized carbons (Fsp3) is 0.538. The van der Waals surface area contributed by atoms with E-state index in [2.05, 4.69) is 10.3 Å². The van der Waals surface area contributed by atoms with Gasteiger partial charge in [0.25, 0.3) is 0 Å². The third kappa shape index (κ3) is 4.95. The SMILES string of the molecule is CC(C)NC(=O)CCC(CN)c1ccccn1. The smallest absolute Gasteiger partial charge is 0.220 e. The number of nitrogens with two attached hydrogens (primary N) is 1. The standard InChI is InChI=1S/C13H21N3O/c1-10(2)16-13(17)7-6-11(9-14)12-5-3-4-8-15-12/h3-5,8,10-11H,6-7,9,14H2,1-2H3,(H,16,17). The highest BCUT2D eigenvalue weighted by Gasteiger charge is 2.13. The predicted octanol–water partition coefficient (Wildman–Crippen LogP) is 1.43. The minimum Gasteiger partial charge on any atom is -0.354 e. The van der Waals surface area contributed by atoms with Gasteiger partial charge in [-0.1, -0.05) is 6.07 Å². The topological polar surface area (TPSA) is 68.0 Å². The Bertz CT molecular complexity index is 338. The zero-order valence-corrected chi connectivity index (χ0v) is 10.5. The van der Waals surface area contributed by atoms with Crippen molar-refractivity contribution in [3.8, 4) is 0 Å². The Kier molecular flexibility index (Phi) is 5.63. The highest BCUT2D eigenvalue weighted by Crippen LogP contribution is 2.17. The molecule has 0 saturated carbocycles. The molecule has 0 saturated heterocycles. The van der Waals surface area contributed by atoms with Gasteiger partial charge in [-0.05, 0) is 32.4 Å². The second kappa shape index (κ2) is 7.01. The van der Waals surface area contributed by atoms with E-state index < -0.39 is 0 Å². The van der Waals surface area contributed by atoms with Crippen LogP contribution in [0, 0.1) is 0 Å². The number of pyridine rings is 1. The van der Waals surface area contributed by atoms with Gasteiger partial charge in [-0.2, -0.15) is 0 Å². The van der Waals surface area contributed by atoms with Crippen LogP contribution in [0.15, 0.2) is 24.4 Å². The molecule has 4 heteroatoms. The summed E-state index contributed by atoms with van der Waals surface area (Å²) < 4.78 is 0. The molecule has 0 spiro atoms. The summed E-state index contributed by atoms with van der Waals surface area (Å²) in [6.45, 7) is 4.43. The number of nitrogens with one attached hydrogen (secondary N) is 1. The van der Waals surface area contributed by atoms with Gasteiger partial charge >= 0.3 is 0 Å². The highest BCUT2D eigenvalue weighted by molar-refractivity contribution is 5.76. The Morgan fingerprint density at radius 2 is 2.24 bits per heavy atom. The molecule has 0 aliphatic carbocycles. The Balaban J connectivity index is 2.46. The third-order valence-electron chi connectivity index (χ3n) is 2.56. The molecule has 1 aromatic heterocycles. The quantitative estimate of drug-likeness (QED) is 0.783. The number of nitrogens with zero attached hydrogens (tertiary/aromatic N) is 1. The zero-order chi connectivity index (χ0) is 12.7. The number of aromatic nitrogens is 1. The van der Waals surface area contributed by atoms with Gasteiger partial charge in [-0.3, -0.25) is 9.78 Å². The molecule has 17 heavy (non-hydrogen) atoms. The molecule has 1 atom stereocenters. The van der Waals surface area contributed by atoms with Crippen molar-refractivity contribution in [2.45, 2.75) is 38.6 Å². The molecule has 0 bridgehead atoms. The third-order valence-corrected chi connectivity index (χ3v) is 2.56. The summed E-state index contributed by atoms with van der Waals surface area (Å²) in [5.74, 6) is 0.239. The molecule has 0 radical (unpaired) electrons. The number of hydrogen-bond acceptors (Lipinski definition) is 3. The maximum atomic E-state index is 11.5. The van der Waals surface area contributed by atoms with E-state index in [1.54, 1.807) is 6.20 Å². The van der Waals surface area contributed by atoms with Crippen LogP contribution in [-0.2, 0) is 4.79 Å². The molecular weight excluding hydrogens is 214 g/mol. The molecular formula is C13H21N3O. The maximum absolute atomic E-state index is 11.5. The van der Waals surface area contributed by atoms with E-state index in [1.807, 2.05) is 32.0 Å². The van der Waals surface area contributed by atoms with Crippen molar-refractivity contribution in [3.63, 3.8) is 0 Å². The van der Waals surface area contributed by atoms with Gasteiger partial charge in [0.1, 0.15) is 0 Å². The summed E-state index contributed by atoms with van der Waals surface area (Å²) in [6, 6.07) is 5.97. The van der Waals surface area contributed by atoms with Gasteiger partial charge in [-0.25, -0.2) is 0 Å². The van der Waals surface area contributed by atoms with E-state index in [0.29, 0.717) is 13.0 Å². The first-order chi connectivity index (χ1) is 8.13. The fourth-order valence-electron chi connectivity index (χ4n) is 1.70. The summed E-state index contributed by atoms with van der Waals surface area (Å²) in [7, 11) is 0. The van der Waals surface area contributed by atoms with Crippen molar-refractivity contribution >= 4 is 5.91 Å². The molecule has 1 amide bonds. The van der Waals surface area contributed by atoms with Gasteiger partial charge in [-0.15, -0.1) is 0 Å². The second-order valence-corrected chi connectivity index (χ2v) is 4.45. The van der Waals surface area contributed by atoms with Crippen LogP contribution >= 0.6 is 0 Å². The predicted molar refractivity (Wildman–Crippen MR) is 68.5 cm³/mol. The normalized spacial score (nSPS) is 12.5. The molecule has 1 unspecified atom stereocenters. The lowest BCUT2D eigenvalue weighted by atomic mass is 9.98. The van der Waals surface area contributed by atoms with E-state index in [-0.39, 0.29) is 17.9 Å². The molecule has 1 aromatic rings. The van der Waals surface area contributed by atoms with Crippen LogP contribution in [0.25, 0.3) is 0 Å². The highest BCUT2D eigenvalue weighted by atomic mass is 16.1. The van der Waals surface area contributed by atoms with Gasteiger partial charge in [0, 0.05) is 36.8 Å². The summed E-state index contributed by atoms with van der Waals surface area (Å²) >= 11 is 0. The van der Waals surface area contributed by atoms with Crippen molar-refractivity contribution < 1.29 is 4.79 Å². The first kappa shape index (κ1) is 13.6. The van der Waals surface area contributed by atoms with E-state index in [9.17, 15) is 4.79 Å². The Morgan fingerprint density at radius 3 is 2.76 bits per heavy atom. The van der Waals surface area contributed by atoms with Crippen LogP contribution in [0.3, 0.4) is 0 Å². The first-order valence-corrected chi connectivity index (χ1v) is 6.03. The lowest BCUT2D eigenvalue weighted by molar-refractivity contribution is -0.121. The van der Waals surface area contributed by atoms with Crippen molar-refractivity contribution in [1.82, 2.24) is 10.3 Å². The van der Waals surface area contributed by atoms with Crippen molar-refractivity contribution in [2.75, 3.05) is 6.54 Å². The molecule has 1 heterocycles. The van der Waals surface area contributed by atoms with Gasteiger partial charge < -0.3 is 11.1 Å². The van der Waals surface area contributed by atoms with Crippen molar-refractivity contribution in [3.05, 3.63) is 30.1 Å². The number of amides is 1. The van der Waals surface area contributed by atoms with Crippen LogP contribution in [0.1, 0.15) is 38.3 Å². The summed E-state index contributed by atoms with van der Waals surface area (Å²) in [5, 5.41) is 2.87. The second-order valence-electron chi connectivity index (χ2n) is 4.45. The lowest BCUT2D eigenvalue weighted by Crippen LogP contribution is -2.30. The van der Waals surface area contributed by atoms with E-state index in [1.165, 1.54) is 0 Å². The van der Waals surface area contributed by atoms with Crippen molar-refractivity contribution in [1.29, 1.82) is 0 Å². The van der Waals surface area contributed by atoms with Crippen molar-refractivity contribution in [2.24, 2.45) is 5.73 Å². The monoisotopic (exact) mass is 235 g/mol. The number of hydrogen-bond donors (Lipinski definition) is 2. The minimum absolute atomic E-state index is 0.0781. The molecule has 3 N–H and O–H groups in total. The summed E-state index contributed by atoms with van der Waals surface area (Å²) in [6.07, 6.45) is 2.99. The van der Waals surface area contributed by atoms with Crippen LogP contribution in [-0.4, -0.2) is 23.5 Å². The Labute approximate surface area is 103 Å². The number of rotatable bonds is 6. The minimum atomic E-state index is 0.0781. The largest absolute Gasteiger partial charge is 0.354 e. The van der Waals surface area contributed by atoms with Gasteiger partial charge in [0.05, 0.1) is 0 Å².